The van der Waals surface area contributed by atoms with Crippen LogP contribution < -0.4 is 10.0 Å². The molecule has 0 aliphatic carbocycles. The maximum absolute atomic E-state index is 13.0. The van der Waals surface area contributed by atoms with Gasteiger partial charge in [0.15, 0.2) is 0 Å². The Bertz CT molecular complexity index is 1470. The standard InChI is InChI=1S/C25H22BrN3O5S/c1-34-25(31)23(14-17-15-27-22-5-3-2-4-21(17)22)29-35(32,33)20-12-10-19(11-13-20)28-24(30)16-6-8-18(26)9-7-16/h2-13,15,23,27,29H,14H2,1H3,(H,28,30)/t23-/m1/s1. The Hall–Kier alpha value is -3.47. The third kappa shape index (κ3) is 5.79. The number of esters is 1. The minimum absolute atomic E-state index is 0.0491. The molecule has 0 spiro atoms. The molecule has 35 heavy (non-hydrogen) atoms. The number of benzene rings is 3. The number of hydrogen-bond donors (Lipinski definition) is 3. The summed E-state index contributed by atoms with van der Waals surface area (Å²) in [6, 6.07) is 19.0. The number of amides is 1. The van der Waals surface area contributed by atoms with E-state index in [-0.39, 0.29) is 17.2 Å². The number of aromatic nitrogens is 1. The molecule has 4 aromatic rings. The number of H-pyrrole nitrogens is 1. The number of para-hydroxylation sites is 1. The van der Waals surface area contributed by atoms with Gasteiger partial charge in [-0.15, -0.1) is 0 Å². The van der Waals surface area contributed by atoms with Crippen molar-refractivity contribution >= 4 is 54.4 Å². The highest BCUT2D eigenvalue weighted by atomic mass is 79.9. The largest absolute Gasteiger partial charge is 0.468 e. The van der Waals surface area contributed by atoms with Crippen molar-refractivity contribution in [1.82, 2.24) is 9.71 Å². The predicted molar refractivity (Wildman–Crippen MR) is 137 cm³/mol. The average molecular weight is 556 g/mol. The van der Waals surface area contributed by atoms with E-state index in [1.165, 1.54) is 31.4 Å². The lowest BCUT2D eigenvalue weighted by Gasteiger charge is -2.17. The molecule has 0 aliphatic heterocycles. The molecule has 0 bridgehead atoms. The second-order valence-corrected chi connectivity index (χ2v) is 10.4. The summed E-state index contributed by atoms with van der Waals surface area (Å²) in [6.45, 7) is 0. The quantitative estimate of drug-likeness (QED) is 0.281. The van der Waals surface area contributed by atoms with Crippen LogP contribution in [-0.2, 0) is 26.0 Å². The van der Waals surface area contributed by atoms with Crippen LogP contribution >= 0.6 is 15.9 Å². The van der Waals surface area contributed by atoms with Crippen molar-refractivity contribution in [2.24, 2.45) is 0 Å². The van der Waals surface area contributed by atoms with Crippen LogP contribution in [0.3, 0.4) is 0 Å². The average Bonchev–Trinajstić information content (AvgIpc) is 3.26. The van der Waals surface area contributed by atoms with Crippen molar-refractivity contribution in [1.29, 1.82) is 0 Å². The number of anilines is 1. The van der Waals surface area contributed by atoms with E-state index in [1.807, 2.05) is 24.3 Å². The minimum Gasteiger partial charge on any atom is -0.468 e. The first-order valence-corrected chi connectivity index (χ1v) is 12.9. The van der Waals surface area contributed by atoms with Crippen molar-refractivity contribution in [2.45, 2.75) is 17.4 Å². The Morgan fingerprint density at radius 3 is 2.37 bits per heavy atom. The fraction of sp³-hybridized carbons (Fsp3) is 0.120. The highest BCUT2D eigenvalue weighted by Crippen LogP contribution is 2.21. The van der Waals surface area contributed by atoms with Gasteiger partial charge in [0.25, 0.3) is 5.91 Å². The van der Waals surface area contributed by atoms with Crippen molar-refractivity contribution in [3.63, 3.8) is 0 Å². The molecule has 0 fully saturated rings. The SMILES string of the molecule is COC(=O)[C@@H](Cc1c[nH]c2ccccc12)NS(=O)(=O)c1ccc(NC(=O)c2ccc(Br)cc2)cc1. The number of rotatable bonds is 8. The van der Waals surface area contributed by atoms with Crippen molar-refractivity contribution in [2.75, 3.05) is 12.4 Å². The second kappa shape index (κ2) is 10.4. The highest BCUT2D eigenvalue weighted by Gasteiger charge is 2.27. The molecular formula is C25H22BrN3O5S. The Morgan fingerprint density at radius 2 is 1.69 bits per heavy atom. The fourth-order valence-electron chi connectivity index (χ4n) is 3.61. The molecule has 3 N–H and O–H groups in total. The maximum atomic E-state index is 13.0. The van der Waals surface area contributed by atoms with E-state index in [9.17, 15) is 18.0 Å². The molecular weight excluding hydrogens is 534 g/mol. The lowest BCUT2D eigenvalue weighted by Crippen LogP contribution is -2.42. The molecule has 0 saturated heterocycles. The van der Waals surface area contributed by atoms with Gasteiger partial charge in [0, 0.05) is 39.2 Å². The van der Waals surface area contributed by atoms with Gasteiger partial charge in [-0.05, 0) is 60.2 Å². The van der Waals surface area contributed by atoms with Crippen LogP contribution in [-0.4, -0.2) is 38.4 Å². The number of nitrogens with one attached hydrogen (secondary N) is 3. The van der Waals surface area contributed by atoms with Crippen LogP contribution in [0.4, 0.5) is 5.69 Å². The van der Waals surface area contributed by atoms with Gasteiger partial charge in [-0.25, -0.2) is 8.42 Å². The van der Waals surface area contributed by atoms with Crippen LogP contribution in [0.5, 0.6) is 0 Å². The normalized spacial score (nSPS) is 12.3. The van der Waals surface area contributed by atoms with E-state index in [1.54, 1.807) is 30.5 Å². The Morgan fingerprint density at radius 1 is 1.00 bits per heavy atom. The summed E-state index contributed by atoms with van der Waals surface area (Å²) in [5, 5.41) is 3.62. The van der Waals surface area contributed by atoms with Crippen molar-refractivity contribution in [3.05, 3.63) is 94.6 Å². The summed E-state index contributed by atoms with van der Waals surface area (Å²) < 4.78 is 34.2. The summed E-state index contributed by atoms with van der Waals surface area (Å²) in [6.07, 6.45) is 1.86. The number of carbonyl (C=O) groups excluding carboxylic acids is 2. The number of methoxy groups -OCH3 is 1. The lowest BCUT2D eigenvalue weighted by molar-refractivity contribution is -0.142. The third-order valence-corrected chi connectivity index (χ3v) is 7.43. The van der Waals surface area contributed by atoms with Crippen LogP contribution in [0, 0.1) is 0 Å². The van der Waals surface area contributed by atoms with Crippen LogP contribution in [0.15, 0.2) is 88.4 Å². The van der Waals surface area contributed by atoms with Gasteiger partial charge < -0.3 is 15.0 Å². The zero-order chi connectivity index (χ0) is 25.0. The van der Waals surface area contributed by atoms with Gasteiger partial charge in [-0.2, -0.15) is 4.72 Å². The van der Waals surface area contributed by atoms with Gasteiger partial charge in [0.2, 0.25) is 10.0 Å². The Kier molecular flexibility index (Phi) is 7.34. The Balaban J connectivity index is 1.49. The summed E-state index contributed by atoms with van der Waals surface area (Å²) in [7, 11) is -2.84. The molecule has 0 unspecified atom stereocenters. The molecule has 1 heterocycles. The molecule has 3 aromatic carbocycles. The van der Waals surface area contributed by atoms with Crippen LogP contribution in [0.2, 0.25) is 0 Å². The molecule has 0 saturated carbocycles. The lowest BCUT2D eigenvalue weighted by atomic mass is 10.1. The van der Waals surface area contributed by atoms with E-state index in [2.05, 4.69) is 31.0 Å². The minimum atomic E-state index is -4.05. The predicted octanol–water partition coefficient (Wildman–Crippen LogP) is 4.25. The summed E-state index contributed by atoms with van der Waals surface area (Å²) in [4.78, 5) is 27.9. The van der Waals surface area contributed by atoms with Crippen LogP contribution in [0.25, 0.3) is 10.9 Å². The number of halogens is 1. The molecule has 0 radical (unpaired) electrons. The van der Waals surface area contributed by atoms with Crippen molar-refractivity contribution < 1.29 is 22.7 Å². The Labute approximate surface area is 210 Å². The number of hydrogen-bond acceptors (Lipinski definition) is 5. The zero-order valence-electron chi connectivity index (χ0n) is 18.6. The summed E-state index contributed by atoms with van der Waals surface area (Å²) in [5.74, 6) is -1.02. The van der Waals surface area contributed by atoms with E-state index in [4.69, 9.17) is 4.74 Å². The highest BCUT2D eigenvalue weighted by molar-refractivity contribution is 9.10. The monoisotopic (exact) mass is 555 g/mol. The molecule has 4 rings (SSSR count). The molecule has 8 nitrogen and oxygen atoms in total. The molecule has 1 aromatic heterocycles. The summed E-state index contributed by atoms with van der Waals surface area (Å²) in [5.41, 5.74) is 2.56. The molecule has 0 aliphatic rings. The second-order valence-electron chi connectivity index (χ2n) is 7.75. The molecule has 1 amide bonds. The smallest absolute Gasteiger partial charge is 0.324 e. The number of aromatic amines is 1. The van der Waals surface area contributed by atoms with Gasteiger partial charge in [0.1, 0.15) is 6.04 Å². The van der Waals surface area contributed by atoms with E-state index < -0.39 is 22.0 Å². The zero-order valence-corrected chi connectivity index (χ0v) is 21.0. The topological polar surface area (TPSA) is 117 Å². The summed E-state index contributed by atoms with van der Waals surface area (Å²) >= 11 is 3.32. The van der Waals surface area contributed by atoms with Crippen LogP contribution in [0.1, 0.15) is 15.9 Å². The van der Waals surface area contributed by atoms with E-state index in [0.717, 1.165) is 20.9 Å². The van der Waals surface area contributed by atoms with Gasteiger partial charge in [-0.3, -0.25) is 9.59 Å². The fourth-order valence-corrected chi connectivity index (χ4v) is 5.06. The first kappa shape index (κ1) is 24.6. The molecule has 10 heteroatoms. The first-order chi connectivity index (χ1) is 16.8. The van der Waals surface area contributed by atoms with Crippen molar-refractivity contribution in [3.8, 4) is 0 Å². The number of fused-ring (bicyclic) bond motifs is 1. The van der Waals surface area contributed by atoms with Gasteiger partial charge in [0.05, 0.1) is 12.0 Å². The molecule has 1 atom stereocenters. The number of sulfonamides is 1. The van der Waals surface area contributed by atoms with Gasteiger partial charge >= 0.3 is 5.97 Å². The number of ether oxygens (including phenoxy) is 1. The maximum Gasteiger partial charge on any atom is 0.324 e. The van der Waals surface area contributed by atoms with Gasteiger partial charge in [-0.1, -0.05) is 34.1 Å². The van der Waals surface area contributed by atoms with E-state index in [0.29, 0.717) is 11.3 Å². The van der Waals surface area contributed by atoms with E-state index >= 15 is 0 Å². The number of carbonyl (C=O) groups is 2. The molecule has 180 valence electrons. The first-order valence-electron chi connectivity index (χ1n) is 10.6. The third-order valence-electron chi connectivity index (χ3n) is 5.41.